The van der Waals surface area contributed by atoms with Crippen LogP contribution in [0.5, 0.6) is 0 Å². The summed E-state index contributed by atoms with van der Waals surface area (Å²) in [5, 5.41) is 5.92. The van der Waals surface area contributed by atoms with Gasteiger partial charge >= 0.3 is 6.18 Å². The second-order valence-corrected chi connectivity index (χ2v) is 3.67. The van der Waals surface area contributed by atoms with Crippen molar-refractivity contribution in [2.45, 2.75) is 19.6 Å². The molecule has 1 heterocycles. The van der Waals surface area contributed by atoms with E-state index in [9.17, 15) is 18.0 Å². The van der Waals surface area contributed by atoms with E-state index in [0.717, 1.165) is 12.4 Å². The van der Waals surface area contributed by atoms with E-state index in [2.05, 4.69) is 10.4 Å². The zero-order valence-corrected chi connectivity index (χ0v) is 9.16. The molecule has 0 radical (unpaired) electrons. The fraction of sp³-hybridized carbons (Fsp3) is 0.556. The number of carbonyl (C=O) groups is 1. The van der Waals surface area contributed by atoms with Gasteiger partial charge in [-0.05, 0) is 0 Å². The number of rotatable bonds is 4. The molecule has 1 rings (SSSR count). The monoisotopic (exact) mass is 250 g/mol. The quantitative estimate of drug-likeness (QED) is 0.836. The van der Waals surface area contributed by atoms with Gasteiger partial charge in [0.1, 0.15) is 6.54 Å². The Kier molecular flexibility index (Phi) is 4.11. The fourth-order valence-corrected chi connectivity index (χ4v) is 1.07. The molecule has 5 nitrogen and oxygen atoms in total. The van der Waals surface area contributed by atoms with Gasteiger partial charge in [0.25, 0.3) is 0 Å². The van der Waals surface area contributed by atoms with E-state index < -0.39 is 18.6 Å². The van der Waals surface area contributed by atoms with E-state index in [1.807, 2.05) is 0 Å². The summed E-state index contributed by atoms with van der Waals surface area (Å²) in [4.78, 5) is 11.4. The van der Waals surface area contributed by atoms with Crippen LogP contribution >= 0.6 is 0 Å². The highest BCUT2D eigenvalue weighted by Crippen LogP contribution is 2.18. The van der Waals surface area contributed by atoms with Crippen LogP contribution in [-0.4, -0.2) is 28.4 Å². The molecule has 17 heavy (non-hydrogen) atoms. The Balaban J connectivity index is 2.60. The van der Waals surface area contributed by atoms with Crippen LogP contribution in [-0.2, 0) is 11.3 Å². The normalized spacial score (nSPS) is 13.5. The van der Waals surface area contributed by atoms with Crippen molar-refractivity contribution in [3.8, 4) is 0 Å². The number of nitrogens with two attached hydrogens (primary N) is 1. The molecule has 1 unspecified atom stereocenters. The molecule has 1 aromatic rings. The molecule has 0 aliphatic rings. The molecule has 1 aromatic heterocycles. The number of hydrogen-bond donors (Lipinski definition) is 2. The largest absolute Gasteiger partial charge is 0.408 e. The summed E-state index contributed by atoms with van der Waals surface area (Å²) in [6, 6.07) is 0. The van der Waals surface area contributed by atoms with Crippen molar-refractivity contribution < 1.29 is 18.0 Å². The van der Waals surface area contributed by atoms with Crippen LogP contribution in [0.25, 0.3) is 0 Å². The first-order valence-corrected chi connectivity index (χ1v) is 4.92. The molecule has 0 spiro atoms. The summed E-state index contributed by atoms with van der Waals surface area (Å²) in [5.74, 6) is -0.750. The smallest absolute Gasteiger partial charge is 0.330 e. The molecule has 8 heteroatoms. The summed E-state index contributed by atoms with van der Waals surface area (Å²) in [6.45, 7) is 0.604. The molecule has 0 saturated carbocycles. The minimum atomic E-state index is -4.34. The van der Waals surface area contributed by atoms with Crippen LogP contribution in [0, 0.1) is 5.92 Å². The summed E-state index contributed by atoms with van der Waals surface area (Å²) in [5.41, 5.74) is 5.51. The minimum absolute atomic E-state index is 0.169. The van der Waals surface area contributed by atoms with Crippen molar-refractivity contribution in [1.82, 2.24) is 9.78 Å². The number of aromatic nitrogens is 2. The lowest BCUT2D eigenvalue weighted by molar-refractivity contribution is -0.142. The van der Waals surface area contributed by atoms with Gasteiger partial charge < -0.3 is 11.1 Å². The molecule has 0 bridgehead atoms. The number of nitrogens with zero attached hydrogens (tertiary/aromatic N) is 2. The van der Waals surface area contributed by atoms with Crippen LogP contribution < -0.4 is 11.1 Å². The third-order valence-corrected chi connectivity index (χ3v) is 2.04. The molecule has 0 aliphatic heterocycles. The Morgan fingerprint density at radius 3 is 2.82 bits per heavy atom. The average Bonchev–Trinajstić information content (AvgIpc) is 2.61. The van der Waals surface area contributed by atoms with Gasteiger partial charge in [0.2, 0.25) is 5.91 Å². The van der Waals surface area contributed by atoms with Gasteiger partial charge in [-0.15, -0.1) is 0 Å². The van der Waals surface area contributed by atoms with Gasteiger partial charge in [0, 0.05) is 18.7 Å². The Labute approximate surface area is 95.8 Å². The van der Waals surface area contributed by atoms with Crippen LogP contribution in [0.1, 0.15) is 6.92 Å². The topological polar surface area (TPSA) is 72.9 Å². The number of anilines is 1. The molecule has 1 atom stereocenters. The number of alkyl halides is 3. The zero-order chi connectivity index (χ0) is 13.1. The van der Waals surface area contributed by atoms with Crippen molar-refractivity contribution in [2.75, 3.05) is 11.9 Å². The van der Waals surface area contributed by atoms with E-state index in [1.54, 1.807) is 6.92 Å². The highest BCUT2D eigenvalue weighted by atomic mass is 19.4. The van der Waals surface area contributed by atoms with Crippen LogP contribution in [0.4, 0.5) is 18.9 Å². The first kappa shape index (κ1) is 13.5. The maximum absolute atomic E-state index is 12.0. The molecule has 0 fully saturated rings. The third-order valence-electron chi connectivity index (χ3n) is 2.04. The molecule has 96 valence electrons. The first-order valence-electron chi connectivity index (χ1n) is 4.92. The summed E-state index contributed by atoms with van der Waals surface area (Å²) >= 11 is 0. The maximum atomic E-state index is 12.0. The van der Waals surface area contributed by atoms with Gasteiger partial charge in [0.05, 0.1) is 11.9 Å². The molecule has 0 saturated heterocycles. The highest BCUT2D eigenvalue weighted by Gasteiger charge is 2.28. The molecule has 1 amide bonds. The highest BCUT2D eigenvalue weighted by molar-refractivity contribution is 5.92. The van der Waals surface area contributed by atoms with Crippen LogP contribution in [0.2, 0.25) is 0 Å². The SMILES string of the molecule is CC(CN)C(=O)Nc1cnn(CC(F)(F)F)c1. The van der Waals surface area contributed by atoms with Crippen molar-refractivity contribution in [3.05, 3.63) is 12.4 Å². The van der Waals surface area contributed by atoms with Crippen molar-refractivity contribution >= 4 is 11.6 Å². The van der Waals surface area contributed by atoms with E-state index in [-0.39, 0.29) is 18.1 Å². The lowest BCUT2D eigenvalue weighted by atomic mass is 10.2. The fourth-order valence-electron chi connectivity index (χ4n) is 1.07. The van der Waals surface area contributed by atoms with E-state index in [1.165, 1.54) is 0 Å². The summed E-state index contributed by atoms with van der Waals surface area (Å²) in [7, 11) is 0. The van der Waals surface area contributed by atoms with Crippen molar-refractivity contribution in [1.29, 1.82) is 0 Å². The lowest BCUT2D eigenvalue weighted by Crippen LogP contribution is -2.26. The van der Waals surface area contributed by atoms with Gasteiger partial charge in [-0.3, -0.25) is 9.48 Å². The Morgan fingerprint density at radius 2 is 2.29 bits per heavy atom. The van der Waals surface area contributed by atoms with Crippen molar-refractivity contribution in [3.63, 3.8) is 0 Å². The van der Waals surface area contributed by atoms with Crippen LogP contribution in [0.15, 0.2) is 12.4 Å². The molecule has 3 N–H and O–H groups in total. The van der Waals surface area contributed by atoms with E-state index >= 15 is 0 Å². The van der Waals surface area contributed by atoms with Crippen LogP contribution in [0.3, 0.4) is 0 Å². The summed E-state index contributed by atoms with van der Waals surface area (Å²) in [6.07, 6.45) is -2.06. The second kappa shape index (κ2) is 5.17. The van der Waals surface area contributed by atoms with Gasteiger partial charge in [-0.1, -0.05) is 6.92 Å². The standard InChI is InChI=1S/C9H13F3N4O/c1-6(2-13)8(17)15-7-3-14-16(4-7)5-9(10,11)12/h3-4,6H,2,5,13H2,1H3,(H,15,17). The second-order valence-electron chi connectivity index (χ2n) is 3.67. The lowest BCUT2D eigenvalue weighted by Gasteiger charge is -2.07. The Hall–Kier alpha value is -1.57. The average molecular weight is 250 g/mol. The predicted molar refractivity (Wildman–Crippen MR) is 55.1 cm³/mol. The predicted octanol–water partition coefficient (Wildman–Crippen LogP) is 0.979. The molecule has 0 aliphatic carbocycles. The zero-order valence-electron chi connectivity index (χ0n) is 9.16. The Bertz CT molecular complexity index is 388. The van der Waals surface area contributed by atoms with E-state index in [0.29, 0.717) is 4.68 Å². The minimum Gasteiger partial charge on any atom is -0.330 e. The molecule has 0 aromatic carbocycles. The van der Waals surface area contributed by atoms with E-state index in [4.69, 9.17) is 5.73 Å². The Morgan fingerprint density at radius 1 is 1.65 bits per heavy atom. The molecular formula is C9H13F3N4O. The van der Waals surface area contributed by atoms with Gasteiger partial charge in [-0.2, -0.15) is 18.3 Å². The van der Waals surface area contributed by atoms with Crippen molar-refractivity contribution in [2.24, 2.45) is 11.7 Å². The van der Waals surface area contributed by atoms with Gasteiger partial charge in [0.15, 0.2) is 0 Å². The third kappa shape index (κ3) is 4.43. The molecular weight excluding hydrogens is 237 g/mol. The number of halogens is 3. The summed E-state index contributed by atoms with van der Waals surface area (Å²) < 4.78 is 36.8. The first-order chi connectivity index (χ1) is 7.81. The number of amides is 1. The van der Waals surface area contributed by atoms with Gasteiger partial charge in [-0.25, -0.2) is 0 Å². The number of hydrogen-bond acceptors (Lipinski definition) is 3. The maximum Gasteiger partial charge on any atom is 0.408 e. The number of carbonyl (C=O) groups excluding carboxylic acids is 1. The number of nitrogens with one attached hydrogen (secondary N) is 1.